The molecule has 0 saturated heterocycles. The first-order valence-corrected chi connectivity index (χ1v) is 9.72. The third-order valence-corrected chi connectivity index (χ3v) is 5.25. The average Bonchev–Trinajstić information content (AvgIpc) is 3.18. The normalized spacial score (nSPS) is 11.8. The highest BCUT2D eigenvalue weighted by atomic mass is 15.0. The summed E-state index contributed by atoms with van der Waals surface area (Å²) in [6.07, 6.45) is 1.92. The van der Waals surface area contributed by atoms with Gasteiger partial charge in [0.05, 0.1) is 16.6 Å². The first-order valence-electron chi connectivity index (χ1n) is 9.72. The Balaban J connectivity index is 1.81. The van der Waals surface area contributed by atoms with Crippen LogP contribution in [0.2, 0.25) is 0 Å². The molecule has 4 nitrogen and oxygen atoms in total. The number of aryl methyl sites for hydroxylation is 4. The van der Waals surface area contributed by atoms with E-state index in [0.29, 0.717) is 11.4 Å². The van der Waals surface area contributed by atoms with E-state index in [9.17, 15) is 5.26 Å². The maximum absolute atomic E-state index is 9.79. The van der Waals surface area contributed by atoms with Crippen molar-refractivity contribution in [3.63, 3.8) is 0 Å². The van der Waals surface area contributed by atoms with Gasteiger partial charge in [0.2, 0.25) is 0 Å². The Hall–Kier alpha value is -3.58. The van der Waals surface area contributed by atoms with E-state index in [0.717, 1.165) is 39.2 Å². The van der Waals surface area contributed by atoms with E-state index in [4.69, 9.17) is 0 Å². The van der Waals surface area contributed by atoms with E-state index in [1.54, 1.807) is 0 Å². The number of nitrogens with zero attached hydrogens (tertiary/aromatic N) is 3. The molecule has 2 heterocycles. The van der Waals surface area contributed by atoms with Crippen LogP contribution >= 0.6 is 0 Å². The van der Waals surface area contributed by atoms with Crippen molar-refractivity contribution in [3.05, 3.63) is 81.9 Å². The Bertz CT molecular complexity index is 1290. The van der Waals surface area contributed by atoms with Crippen LogP contribution in [-0.4, -0.2) is 14.5 Å². The molecule has 29 heavy (non-hydrogen) atoms. The molecule has 0 aliphatic rings. The van der Waals surface area contributed by atoms with Gasteiger partial charge in [-0.2, -0.15) is 5.26 Å². The summed E-state index contributed by atoms with van der Waals surface area (Å²) in [4.78, 5) is 7.89. The van der Waals surface area contributed by atoms with Gasteiger partial charge in [0.25, 0.3) is 0 Å². The van der Waals surface area contributed by atoms with E-state index < -0.39 is 0 Å². The van der Waals surface area contributed by atoms with E-state index >= 15 is 0 Å². The second-order valence-electron chi connectivity index (χ2n) is 7.78. The van der Waals surface area contributed by atoms with Crippen molar-refractivity contribution in [2.45, 2.75) is 34.6 Å². The summed E-state index contributed by atoms with van der Waals surface area (Å²) in [6.45, 7) is 10.5. The fourth-order valence-corrected chi connectivity index (χ4v) is 3.97. The lowest BCUT2D eigenvalue weighted by Crippen LogP contribution is -2.00. The minimum atomic E-state index is 0.527. The Morgan fingerprint density at radius 2 is 1.69 bits per heavy atom. The van der Waals surface area contributed by atoms with Crippen molar-refractivity contribution in [2.75, 3.05) is 0 Å². The summed E-state index contributed by atoms with van der Waals surface area (Å²) in [6, 6.07) is 17.0. The topological polar surface area (TPSA) is 57.4 Å². The number of hydrogen-bond acceptors (Lipinski definition) is 2. The van der Waals surface area contributed by atoms with E-state index in [-0.39, 0.29) is 0 Å². The number of aromatic nitrogens is 3. The maximum Gasteiger partial charge on any atom is 0.149 e. The molecule has 0 spiro atoms. The predicted molar refractivity (Wildman–Crippen MR) is 119 cm³/mol. The molecule has 4 heteroatoms. The second kappa shape index (κ2) is 7.10. The minimum absolute atomic E-state index is 0.527. The van der Waals surface area contributed by atoms with E-state index in [2.05, 4.69) is 72.6 Å². The maximum atomic E-state index is 9.79. The third kappa shape index (κ3) is 3.48. The van der Waals surface area contributed by atoms with Crippen molar-refractivity contribution in [3.8, 4) is 11.8 Å². The molecule has 2 aromatic carbocycles. The summed E-state index contributed by atoms with van der Waals surface area (Å²) >= 11 is 0. The number of benzene rings is 2. The van der Waals surface area contributed by atoms with Crippen LogP contribution in [0.4, 0.5) is 0 Å². The number of H-pyrrole nitrogens is 1. The Labute approximate surface area is 171 Å². The van der Waals surface area contributed by atoms with Crippen LogP contribution in [0.1, 0.15) is 39.5 Å². The van der Waals surface area contributed by atoms with Gasteiger partial charge in [0.1, 0.15) is 11.9 Å². The molecule has 0 aliphatic heterocycles. The highest BCUT2D eigenvalue weighted by Gasteiger charge is 2.13. The van der Waals surface area contributed by atoms with Gasteiger partial charge in [-0.15, -0.1) is 0 Å². The molecule has 0 amide bonds. The van der Waals surface area contributed by atoms with E-state index in [1.165, 1.54) is 11.1 Å². The van der Waals surface area contributed by atoms with Gasteiger partial charge in [-0.05, 0) is 93.3 Å². The van der Waals surface area contributed by atoms with Crippen molar-refractivity contribution >= 4 is 22.7 Å². The number of nitriles is 1. The van der Waals surface area contributed by atoms with Crippen LogP contribution in [0, 0.1) is 45.9 Å². The van der Waals surface area contributed by atoms with Gasteiger partial charge in [-0.25, -0.2) is 4.98 Å². The summed E-state index contributed by atoms with van der Waals surface area (Å²) < 4.78 is 2.24. The Kier molecular flexibility index (Phi) is 4.60. The monoisotopic (exact) mass is 380 g/mol. The molecule has 2 aromatic heterocycles. The standard InChI is InChI=1S/C25H24N4/c1-15-6-7-23-24(11-15)28-25(27-23)21(14-26)13-20-12-18(4)29(19(20)5)22-9-16(2)8-17(3)10-22/h6-13H,1-5H3,(H,27,28)/b21-13-. The second-order valence-corrected chi connectivity index (χ2v) is 7.78. The van der Waals surface area contributed by atoms with Gasteiger partial charge in [0, 0.05) is 17.1 Å². The molecule has 0 aliphatic carbocycles. The van der Waals surface area contributed by atoms with Crippen LogP contribution in [0.5, 0.6) is 0 Å². The van der Waals surface area contributed by atoms with Crippen LogP contribution in [0.25, 0.3) is 28.4 Å². The number of aromatic amines is 1. The Morgan fingerprint density at radius 3 is 2.38 bits per heavy atom. The van der Waals surface area contributed by atoms with Crippen molar-refractivity contribution in [1.29, 1.82) is 5.26 Å². The number of nitrogens with one attached hydrogen (secondary N) is 1. The lowest BCUT2D eigenvalue weighted by atomic mass is 10.1. The summed E-state index contributed by atoms with van der Waals surface area (Å²) in [5.74, 6) is 0.601. The minimum Gasteiger partial charge on any atom is -0.337 e. The highest BCUT2D eigenvalue weighted by molar-refractivity contribution is 5.91. The van der Waals surface area contributed by atoms with Crippen LogP contribution in [0.15, 0.2) is 42.5 Å². The fraction of sp³-hybridized carbons (Fsp3) is 0.200. The molecule has 0 radical (unpaired) electrons. The van der Waals surface area contributed by atoms with Gasteiger partial charge in [-0.1, -0.05) is 12.1 Å². The molecule has 144 valence electrons. The number of imidazole rings is 1. The summed E-state index contributed by atoms with van der Waals surface area (Å²) in [5, 5.41) is 9.79. The molecular formula is C25H24N4. The smallest absolute Gasteiger partial charge is 0.149 e. The SMILES string of the molecule is Cc1cc(C)cc(-n2c(C)cc(/C=C(/C#N)c3nc4ccc(C)cc4[nH]3)c2C)c1. The zero-order valence-corrected chi connectivity index (χ0v) is 17.5. The molecule has 4 rings (SSSR count). The highest BCUT2D eigenvalue weighted by Crippen LogP contribution is 2.26. The van der Waals surface area contributed by atoms with Crippen molar-refractivity contribution < 1.29 is 0 Å². The molecule has 0 saturated carbocycles. The lowest BCUT2D eigenvalue weighted by molar-refractivity contribution is 0.960. The molecule has 1 N–H and O–H groups in total. The average molecular weight is 380 g/mol. The zero-order valence-electron chi connectivity index (χ0n) is 17.5. The number of hydrogen-bond donors (Lipinski definition) is 1. The zero-order chi connectivity index (χ0) is 20.7. The summed E-state index contributed by atoms with van der Waals surface area (Å²) in [7, 11) is 0. The van der Waals surface area contributed by atoms with Gasteiger partial charge in [-0.3, -0.25) is 0 Å². The molecule has 0 atom stereocenters. The summed E-state index contributed by atoms with van der Waals surface area (Å²) in [5.41, 5.74) is 10.4. The molecule has 4 aromatic rings. The largest absolute Gasteiger partial charge is 0.337 e. The third-order valence-electron chi connectivity index (χ3n) is 5.25. The van der Waals surface area contributed by atoms with Crippen molar-refractivity contribution in [1.82, 2.24) is 14.5 Å². The van der Waals surface area contributed by atoms with E-state index in [1.807, 2.05) is 31.2 Å². The molecular weight excluding hydrogens is 356 g/mol. The Morgan fingerprint density at radius 1 is 0.966 bits per heavy atom. The van der Waals surface area contributed by atoms with Crippen LogP contribution < -0.4 is 0 Å². The molecule has 0 bridgehead atoms. The lowest BCUT2D eigenvalue weighted by Gasteiger charge is -2.12. The van der Waals surface area contributed by atoms with Crippen LogP contribution in [0.3, 0.4) is 0 Å². The van der Waals surface area contributed by atoms with Gasteiger partial charge in [0.15, 0.2) is 0 Å². The predicted octanol–water partition coefficient (Wildman–Crippen LogP) is 5.96. The quantitative estimate of drug-likeness (QED) is 0.446. The first-order chi connectivity index (χ1) is 13.9. The van der Waals surface area contributed by atoms with Gasteiger partial charge >= 0.3 is 0 Å². The van der Waals surface area contributed by atoms with Crippen LogP contribution in [-0.2, 0) is 0 Å². The van der Waals surface area contributed by atoms with Crippen molar-refractivity contribution in [2.24, 2.45) is 0 Å². The number of fused-ring (bicyclic) bond motifs is 1. The molecule has 0 unspecified atom stereocenters. The number of allylic oxidation sites excluding steroid dienone is 1. The fourth-order valence-electron chi connectivity index (χ4n) is 3.97. The number of rotatable bonds is 3. The van der Waals surface area contributed by atoms with Gasteiger partial charge < -0.3 is 9.55 Å². The first kappa shape index (κ1) is 18.8. The molecule has 0 fully saturated rings.